The zero-order valence-corrected chi connectivity index (χ0v) is 15.1. The molecule has 0 bridgehead atoms. The number of hydrogen-bond donors (Lipinski definition) is 2. The predicted molar refractivity (Wildman–Crippen MR) is 102 cm³/mol. The number of carbonyl (C=O) groups excluding carboxylic acids is 2. The molecule has 2 aromatic carbocycles. The van der Waals surface area contributed by atoms with Crippen molar-refractivity contribution in [3.8, 4) is 5.75 Å². The number of hydrazone groups is 1. The second-order valence-electron chi connectivity index (χ2n) is 5.37. The van der Waals surface area contributed by atoms with Crippen molar-refractivity contribution in [3.63, 3.8) is 0 Å². The number of amides is 2. The topological polar surface area (TPSA) is 79.8 Å². The third-order valence-electron chi connectivity index (χ3n) is 3.30. The Morgan fingerprint density at radius 2 is 1.88 bits per heavy atom. The van der Waals surface area contributed by atoms with Crippen LogP contribution in [-0.2, 0) is 4.79 Å². The first kappa shape index (κ1) is 19.5. The minimum absolute atomic E-state index is 0.188. The summed E-state index contributed by atoms with van der Waals surface area (Å²) in [7, 11) is 0. The number of nitrogens with zero attached hydrogens (tertiary/aromatic N) is 1. The molecule has 2 rings (SSSR count). The van der Waals surface area contributed by atoms with Gasteiger partial charge in [0.25, 0.3) is 11.8 Å². The molecule has 7 heteroatoms. The van der Waals surface area contributed by atoms with E-state index in [4.69, 9.17) is 16.3 Å². The minimum atomic E-state index is -0.440. The fourth-order valence-corrected chi connectivity index (χ4v) is 2.16. The lowest BCUT2D eigenvalue weighted by Gasteiger charge is -2.07. The van der Waals surface area contributed by atoms with Gasteiger partial charge in [0.15, 0.2) is 0 Å². The van der Waals surface area contributed by atoms with Gasteiger partial charge < -0.3 is 10.1 Å². The molecule has 0 aromatic heterocycles. The number of ether oxygens (including phenoxy) is 1. The zero-order valence-electron chi connectivity index (χ0n) is 14.4. The van der Waals surface area contributed by atoms with E-state index in [1.54, 1.807) is 42.5 Å². The van der Waals surface area contributed by atoms with Gasteiger partial charge in [-0.3, -0.25) is 9.59 Å². The fourth-order valence-electron chi connectivity index (χ4n) is 1.98. The molecule has 0 fully saturated rings. The van der Waals surface area contributed by atoms with Gasteiger partial charge in [-0.15, -0.1) is 0 Å². The fraction of sp³-hybridized carbons (Fsp3) is 0.211. The largest absolute Gasteiger partial charge is 0.494 e. The van der Waals surface area contributed by atoms with Crippen LogP contribution in [0.1, 0.15) is 29.3 Å². The lowest BCUT2D eigenvalue weighted by Crippen LogP contribution is -2.34. The van der Waals surface area contributed by atoms with Crippen molar-refractivity contribution >= 4 is 29.6 Å². The molecular formula is C19H20ClN3O3. The van der Waals surface area contributed by atoms with E-state index in [1.165, 1.54) is 6.21 Å². The normalized spacial score (nSPS) is 10.5. The zero-order chi connectivity index (χ0) is 18.8. The first-order valence-electron chi connectivity index (χ1n) is 8.17. The first-order valence-corrected chi connectivity index (χ1v) is 8.55. The Kier molecular flexibility index (Phi) is 7.64. The molecule has 2 aromatic rings. The van der Waals surface area contributed by atoms with Crippen LogP contribution in [0.15, 0.2) is 53.6 Å². The van der Waals surface area contributed by atoms with E-state index < -0.39 is 5.91 Å². The maximum absolute atomic E-state index is 12.0. The highest BCUT2D eigenvalue weighted by molar-refractivity contribution is 6.33. The molecular weight excluding hydrogens is 354 g/mol. The Morgan fingerprint density at radius 1 is 1.15 bits per heavy atom. The molecule has 0 saturated heterocycles. The Morgan fingerprint density at radius 3 is 2.58 bits per heavy atom. The van der Waals surface area contributed by atoms with Crippen LogP contribution in [0.3, 0.4) is 0 Å². The summed E-state index contributed by atoms with van der Waals surface area (Å²) in [4.78, 5) is 23.8. The number of halogens is 1. The van der Waals surface area contributed by atoms with Crippen LogP contribution < -0.4 is 15.5 Å². The van der Waals surface area contributed by atoms with E-state index in [0.29, 0.717) is 28.5 Å². The third kappa shape index (κ3) is 6.22. The number of benzene rings is 2. The monoisotopic (exact) mass is 373 g/mol. The molecule has 0 heterocycles. The van der Waals surface area contributed by atoms with Crippen molar-refractivity contribution < 1.29 is 14.3 Å². The van der Waals surface area contributed by atoms with Gasteiger partial charge in [0, 0.05) is 16.1 Å². The summed E-state index contributed by atoms with van der Waals surface area (Å²) >= 11 is 5.98. The van der Waals surface area contributed by atoms with E-state index in [0.717, 1.165) is 6.42 Å². The Hall–Kier alpha value is -2.86. The van der Waals surface area contributed by atoms with Gasteiger partial charge in [0.1, 0.15) is 5.75 Å². The molecule has 6 nitrogen and oxygen atoms in total. The summed E-state index contributed by atoms with van der Waals surface area (Å²) in [6.45, 7) is 2.46. The number of hydrogen-bond acceptors (Lipinski definition) is 4. The van der Waals surface area contributed by atoms with E-state index in [1.807, 2.05) is 13.0 Å². The van der Waals surface area contributed by atoms with Gasteiger partial charge >= 0.3 is 0 Å². The molecule has 0 aliphatic rings. The van der Waals surface area contributed by atoms with Crippen molar-refractivity contribution in [2.45, 2.75) is 13.3 Å². The summed E-state index contributed by atoms with van der Waals surface area (Å²) in [5, 5.41) is 6.88. The van der Waals surface area contributed by atoms with Gasteiger partial charge in [-0.1, -0.05) is 36.7 Å². The smallest absolute Gasteiger partial charge is 0.259 e. The maximum Gasteiger partial charge on any atom is 0.259 e. The van der Waals surface area contributed by atoms with Crippen molar-refractivity contribution in [2.24, 2.45) is 5.10 Å². The maximum atomic E-state index is 12.0. The second-order valence-corrected chi connectivity index (χ2v) is 5.78. The van der Waals surface area contributed by atoms with Gasteiger partial charge in [0.2, 0.25) is 0 Å². The Balaban J connectivity index is 1.77. The molecule has 2 N–H and O–H groups in total. The van der Waals surface area contributed by atoms with Gasteiger partial charge in [-0.05, 0) is 36.8 Å². The molecule has 0 unspecified atom stereocenters. The van der Waals surface area contributed by atoms with E-state index >= 15 is 0 Å². The summed E-state index contributed by atoms with van der Waals surface area (Å²) in [6.07, 6.45) is 2.35. The van der Waals surface area contributed by atoms with Crippen molar-refractivity contribution in [1.82, 2.24) is 10.7 Å². The average molecular weight is 374 g/mol. The van der Waals surface area contributed by atoms with Crippen LogP contribution in [-0.4, -0.2) is 31.2 Å². The molecule has 0 atom stereocenters. The highest BCUT2D eigenvalue weighted by Crippen LogP contribution is 2.13. The number of rotatable bonds is 8. The van der Waals surface area contributed by atoms with Crippen LogP contribution in [0.2, 0.25) is 5.02 Å². The molecule has 0 radical (unpaired) electrons. The lowest BCUT2D eigenvalue weighted by atomic mass is 10.2. The number of carbonyl (C=O) groups is 2. The van der Waals surface area contributed by atoms with Crippen LogP contribution in [0.5, 0.6) is 5.75 Å². The van der Waals surface area contributed by atoms with Crippen LogP contribution >= 0.6 is 11.6 Å². The summed E-state index contributed by atoms with van der Waals surface area (Å²) in [6, 6.07) is 13.8. The van der Waals surface area contributed by atoms with Crippen molar-refractivity contribution in [3.05, 3.63) is 64.7 Å². The van der Waals surface area contributed by atoms with Gasteiger partial charge in [-0.2, -0.15) is 5.10 Å². The van der Waals surface area contributed by atoms with Crippen molar-refractivity contribution in [2.75, 3.05) is 13.2 Å². The molecule has 0 saturated carbocycles. The highest BCUT2D eigenvalue weighted by atomic mass is 35.5. The predicted octanol–water partition coefficient (Wildman–Crippen LogP) is 3.01. The average Bonchev–Trinajstić information content (AvgIpc) is 2.66. The summed E-state index contributed by atoms with van der Waals surface area (Å²) in [5.74, 6) is -0.0862. The first-order chi connectivity index (χ1) is 12.6. The molecule has 0 aliphatic carbocycles. The summed E-state index contributed by atoms with van der Waals surface area (Å²) < 4.78 is 5.46. The molecule has 26 heavy (non-hydrogen) atoms. The van der Waals surface area contributed by atoms with E-state index in [9.17, 15) is 9.59 Å². The number of nitrogens with one attached hydrogen (secondary N) is 2. The molecule has 0 aliphatic heterocycles. The standard InChI is InChI=1S/C19H20ClN3O3/c1-2-11-26-16-9-7-14(8-10-16)19(25)21-13-18(24)23-22-12-15-5-3-4-6-17(15)20/h3-10,12H,2,11,13H2,1H3,(H,21,25)(H,23,24). The van der Waals surface area contributed by atoms with Crippen LogP contribution in [0.4, 0.5) is 0 Å². The summed E-state index contributed by atoms with van der Waals surface area (Å²) in [5.41, 5.74) is 3.46. The highest BCUT2D eigenvalue weighted by Gasteiger charge is 2.08. The van der Waals surface area contributed by atoms with Crippen LogP contribution in [0.25, 0.3) is 0 Å². The molecule has 2 amide bonds. The molecule has 136 valence electrons. The van der Waals surface area contributed by atoms with Crippen molar-refractivity contribution in [1.29, 1.82) is 0 Å². The quantitative estimate of drug-likeness (QED) is 0.551. The lowest BCUT2D eigenvalue weighted by molar-refractivity contribution is -0.120. The van der Waals surface area contributed by atoms with E-state index in [2.05, 4.69) is 15.8 Å². The minimum Gasteiger partial charge on any atom is -0.494 e. The Labute approximate surface area is 157 Å². The van der Waals surface area contributed by atoms with Crippen LogP contribution in [0, 0.1) is 0 Å². The Bertz CT molecular complexity index is 776. The SMILES string of the molecule is CCCOc1ccc(C(=O)NCC(=O)NN=Cc2ccccc2Cl)cc1. The second kappa shape index (κ2) is 10.2. The third-order valence-corrected chi connectivity index (χ3v) is 3.64. The van der Waals surface area contributed by atoms with Gasteiger partial charge in [-0.25, -0.2) is 5.43 Å². The van der Waals surface area contributed by atoms with Gasteiger partial charge in [0.05, 0.1) is 19.4 Å². The van der Waals surface area contributed by atoms with E-state index in [-0.39, 0.29) is 12.5 Å². The molecule has 0 spiro atoms.